The molecule has 0 rings (SSSR count). The first kappa shape index (κ1) is 17.8. The van der Waals surface area contributed by atoms with Gasteiger partial charge in [0.2, 0.25) is 0 Å². The minimum Gasteiger partial charge on any atom is -0.462 e. The molecule has 0 atom stereocenters. The summed E-state index contributed by atoms with van der Waals surface area (Å²) in [6.45, 7) is 4.11. The van der Waals surface area contributed by atoms with E-state index in [2.05, 4.69) is 11.3 Å². The molecule has 0 saturated carbocycles. The van der Waals surface area contributed by atoms with Crippen LogP contribution in [0.4, 0.5) is 26.3 Å². The molecule has 2 nitrogen and oxygen atoms in total. The fourth-order valence-electron chi connectivity index (χ4n) is 1.16. The summed E-state index contributed by atoms with van der Waals surface area (Å²) in [6, 6.07) is 0. The van der Waals surface area contributed by atoms with Crippen LogP contribution in [0.1, 0.15) is 26.7 Å². The van der Waals surface area contributed by atoms with Crippen molar-refractivity contribution in [3.8, 4) is 0 Å². The summed E-state index contributed by atoms with van der Waals surface area (Å²) in [6.07, 6.45) is -12.6. The van der Waals surface area contributed by atoms with Crippen LogP contribution >= 0.6 is 0 Å². The van der Waals surface area contributed by atoms with Crippen molar-refractivity contribution < 1.29 is 35.9 Å². The standard InChI is InChI=1S/C11H14F6O2/c1-7(2)8(18)19-6-4-5-9(3,10(12,13)14)11(15,16)17/h1,4-6H2,2-3H3. The number of esters is 1. The monoisotopic (exact) mass is 292 g/mol. The lowest BCUT2D eigenvalue weighted by atomic mass is 9.84. The van der Waals surface area contributed by atoms with E-state index >= 15 is 0 Å². The van der Waals surface area contributed by atoms with E-state index in [1.165, 1.54) is 6.92 Å². The Kier molecular flexibility index (Phi) is 5.46. The van der Waals surface area contributed by atoms with Gasteiger partial charge in [-0.25, -0.2) is 4.79 Å². The smallest absolute Gasteiger partial charge is 0.402 e. The molecule has 0 radical (unpaired) electrons. The van der Waals surface area contributed by atoms with Gasteiger partial charge in [-0.3, -0.25) is 0 Å². The molecule has 0 aliphatic carbocycles. The first-order valence-corrected chi connectivity index (χ1v) is 5.29. The summed E-state index contributed by atoms with van der Waals surface area (Å²) >= 11 is 0. The first-order chi connectivity index (χ1) is 8.33. The molecule has 8 heteroatoms. The molecule has 0 spiro atoms. The molecule has 0 fully saturated rings. The van der Waals surface area contributed by atoms with E-state index in [4.69, 9.17) is 0 Å². The molecule has 112 valence electrons. The second kappa shape index (κ2) is 5.83. The molecule has 0 aromatic heterocycles. The molecule has 0 aliphatic rings. The van der Waals surface area contributed by atoms with Gasteiger partial charge < -0.3 is 4.74 Å². The van der Waals surface area contributed by atoms with Crippen molar-refractivity contribution in [3.63, 3.8) is 0 Å². The highest BCUT2D eigenvalue weighted by molar-refractivity contribution is 5.86. The number of halogens is 6. The van der Waals surface area contributed by atoms with Crippen LogP contribution in [0.2, 0.25) is 0 Å². The number of hydrogen-bond donors (Lipinski definition) is 0. The molecular formula is C11H14F6O2. The second-order valence-electron chi connectivity index (χ2n) is 4.35. The number of hydrogen-bond acceptors (Lipinski definition) is 2. The average Bonchev–Trinajstić information content (AvgIpc) is 2.20. The molecule has 0 bridgehead atoms. The lowest BCUT2D eigenvalue weighted by Crippen LogP contribution is -2.47. The average molecular weight is 292 g/mol. The fraction of sp³-hybridized carbons (Fsp3) is 0.727. The SMILES string of the molecule is C=C(C)C(=O)OCCCC(C)(C(F)(F)F)C(F)(F)F. The maximum Gasteiger partial charge on any atom is 0.402 e. The van der Waals surface area contributed by atoms with E-state index in [0.29, 0.717) is 0 Å². The third-order valence-corrected chi connectivity index (χ3v) is 2.65. The third-order valence-electron chi connectivity index (χ3n) is 2.65. The van der Waals surface area contributed by atoms with Gasteiger partial charge in [-0.05, 0) is 26.7 Å². The minimum absolute atomic E-state index is 0.0226. The van der Waals surface area contributed by atoms with Crippen LogP contribution in [0.15, 0.2) is 12.2 Å². The van der Waals surface area contributed by atoms with E-state index in [1.54, 1.807) is 0 Å². The molecule has 0 amide bonds. The van der Waals surface area contributed by atoms with Crippen molar-refractivity contribution in [1.82, 2.24) is 0 Å². The zero-order valence-electron chi connectivity index (χ0n) is 10.4. The van der Waals surface area contributed by atoms with Crippen molar-refractivity contribution in [3.05, 3.63) is 12.2 Å². The molecule has 0 unspecified atom stereocenters. The fourth-order valence-corrected chi connectivity index (χ4v) is 1.16. The van der Waals surface area contributed by atoms with Crippen molar-refractivity contribution in [2.45, 2.75) is 39.0 Å². The molecule has 0 saturated heterocycles. The van der Waals surface area contributed by atoms with E-state index in [0.717, 1.165) is 0 Å². The molecule has 0 heterocycles. The van der Waals surface area contributed by atoms with E-state index in [9.17, 15) is 31.1 Å². The normalized spacial score (nSPS) is 13.3. The van der Waals surface area contributed by atoms with Gasteiger partial charge in [0.1, 0.15) is 0 Å². The Balaban J connectivity index is 4.56. The van der Waals surface area contributed by atoms with Crippen molar-refractivity contribution >= 4 is 5.97 Å². The van der Waals surface area contributed by atoms with Crippen LogP contribution in [0, 0.1) is 5.41 Å². The van der Waals surface area contributed by atoms with Gasteiger partial charge in [0, 0.05) is 5.57 Å². The summed E-state index contributed by atoms with van der Waals surface area (Å²) in [5.41, 5.74) is -3.79. The van der Waals surface area contributed by atoms with Gasteiger partial charge >= 0.3 is 18.3 Å². The summed E-state index contributed by atoms with van der Waals surface area (Å²) in [5.74, 6) is -0.847. The Morgan fingerprint density at radius 3 is 1.84 bits per heavy atom. The van der Waals surface area contributed by atoms with E-state index in [-0.39, 0.29) is 12.5 Å². The summed E-state index contributed by atoms with van der Waals surface area (Å²) in [4.78, 5) is 10.9. The summed E-state index contributed by atoms with van der Waals surface area (Å²) < 4.78 is 79.3. The number of alkyl halides is 6. The predicted molar refractivity (Wildman–Crippen MR) is 55.2 cm³/mol. The largest absolute Gasteiger partial charge is 0.462 e. The predicted octanol–water partition coefficient (Wildman–Crippen LogP) is 4.02. The van der Waals surface area contributed by atoms with Crippen LogP contribution < -0.4 is 0 Å². The molecule has 0 aliphatic heterocycles. The van der Waals surface area contributed by atoms with Gasteiger partial charge in [0.05, 0.1) is 6.61 Å². The van der Waals surface area contributed by atoms with Crippen LogP contribution in [-0.4, -0.2) is 24.9 Å². The summed E-state index contributed by atoms with van der Waals surface area (Å²) in [7, 11) is 0. The maximum atomic E-state index is 12.5. The summed E-state index contributed by atoms with van der Waals surface area (Å²) in [5, 5.41) is 0. The topological polar surface area (TPSA) is 26.3 Å². The lowest BCUT2D eigenvalue weighted by Gasteiger charge is -2.33. The molecule has 0 N–H and O–H groups in total. The molecule has 19 heavy (non-hydrogen) atoms. The zero-order valence-corrected chi connectivity index (χ0v) is 10.4. The Morgan fingerprint density at radius 2 is 1.53 bits per heavy atom. The van der Waals surface area contributed by atoms with Crippen LogP contribution in [0.25, 0.3) is 0 Å². The number of carbonyl (C=O) groups is 1. The minimum atomic E-state index is -5.41. The first-order valence-electron chi connectivity index (χ1n) is 5.29. The highest BCUT2D eigenvalue weighted by Crippen LogP contribution is 2.52. The lowest BCUT2D eigenvalue weighted by molar-refractivity contribution is -0.337. The van der Waals surface area contributed by atoms with Gasteiger partial charge in [-0.15, -0.1) is 0 Å². The quantitative estimate of drug-likeness (QED) is 0.331. The number of rotatable bonds is 5. The zero-order chi connectivity index (χ0) is 15.5. The highest BCUT2D eigenvalue weighted by Gasteiger charge is 2.66. The van der Waals surface area contributed by atoms with Gasteiger partial charge in [-0.2, -0.15) is 26.3 Å². The third kappa shape index (κ3) is 4.43. The van der Waals surface area contributed by atoms with E-state index < -0.39 is 43.2 Å². The number of carbonyl (C=O) groups excluding carboxylic acids is 1. The van der Waals surface area contributed by atoms with E-state index in [1.807, 2.05) is 0 Å². The second-order valence-corrected chi connectivity index (χ2v) is 4.35. The molecule has 0 aromatic rings. The van der Waals surface area contributed by atoms with Crippen molar-refractivity contribution in [2.24, 2.45) is 5.41 Å². The van der Waals surface area contributed by atoms with Gasteiger partial charge in [0.25, 0.3) is 0 Å². The molecular weight excluding hydrogens is 278 g/mol. The van der Waals surface area contributed by atoms with Gasteiger partial charge in [-0.1, -0.05) is 6.58 Å². The number of ether oxygens (including phenoxy) is 1. The Bertz CT molecular complexity index is 328. The van der Waals surface area contributed by atoms with Crippen LogP contribution in [0.5, 0.6) is 0 Å². The van der Waals surface area contributed by atoms with Crippen LogP contribution in [-0.2, 0) is 9.53 Å². The maximum absolute atomic E-state index is 12.5. The molecule has 0 aromatic carbocycles. The Morgan fingerprint density at radius 1 is 1.11 bits per heavy atom. The highest BCUT2D eigenvalue weighted by atomic mass is 19.4. The Hall–Kier alpha value is -1.21. The van der Waals surface area contributed by atoms with Crippen molar-refractivity contribution in [1.29, 1.82) is 0 Å². The van der Waals surface area contributed by atoms with Crippen molar-refractivity contribution in [2.75, 3.05) is 6.61 Å². The Labute approximate surface area is 106 Å². The van der Waals surface area contributed by atoms with Gasteiger partial charge in [0.15, 0.2) is 5.41 Å². The van der Waals surface area contributed by atoms with Crippen LogP contribution in [0.3, 0.4) is 0 Å².